The van der Waals surface area contributed by atoms with Crippen LogP contribution in [0.15, 0.2) is 18.2 Å². The van der Waals surface area contributed by atoms with Crippen molar-refractivity contribution in [3.63, 3.8) is 0 Å². The van der Waals surface area contributed by atoms with Crippen LogP contribution in [0, 0.1) is 19.3 Å². The number of piperidine rings is 1. The minimum Gasteiger partial charge on any atom is -0.349 e. The fraction of sp³-hybridized carbons (Fsp3) is 0.611. The number of aryl methyl sites for hydroxylation is 2. The predicted molar refractivity (Wildman–Crippen MR) is 87.3 cm³/mol. The Labute approximate surface area is 128 Å². The van der Waals surface area contributed by atoms with Crippen LogP contribution in [-0.4, -0.2) is 19.0 Å². The number of benzene rings is 1. The van der Waals surface area contributed by atoms with Crippen molar-refractivity contribution in [2.45, 2.75) is 53.0 Å². The number of hydrogen-bond donors (Lipinski definition) is 2. The molecule has 1 aromatic carbocycles. The van der Waals surface area contributed by atoms with E-state index in [1.807, 2.05) is 0 Å². The van der Waals surface area contributed by atoms with Gasteiger partial charge < -0.3 is 10.6 Å². The van der Waals surface area contributed by atoms with Crippen molar-refractivity contribution in [2.75, 3.05) is 13.1 Å². The Morgan fingerprint density at radius 1 is 1.43 bits per heavy atom. The second-order valence-corrected chi connectivity index (χ2v) is 6.47. The molecule has 1 aliphatic rings. The van der Waals surface area contributed by atoms with Gasteiger partial charge >= 0.3 is 0 Å². The van der Waals surface area contributed by atoms with Gasteiger partial charge in [0, 0.05) is 6.54 Å². The Hall–Kier alpha value is -1.35. The number of rotatable bonds is 4. The van der Waals surface area contributed by atoms with Crippen molar-refractivity contribution in [2.24, 2.45) is 5.41 Å². The highest BCUT2D eigenvalue weighted by atomic mass is 16.2. The highest BCUT2D eigenvalue weighted by Crippen LogP contribution is 2.31. The first-order valence-electron chi connectivity index (χ1n) is 8.07. The van der Waals surface area contributed by atoms with Crippen LogP contribution in [-0.2, 0) is 4.79 Å². The maximum absolute atomic E-state index is 12.8. The molecule has 0 aliphatic carbocycles. The molecule has 2 atom stereocenters. The van der Waals surface area contributed by atoms with E-state index in [2.05, 4.69) is 56.5 Å². The third-order valence-corrected chi connectivity index (χ3v) is 4.88. The maximum atomic E-state index is 12.8. The van der Waals surface area contributed by atoms with Gasteiger partial charge in [0.25, 0.3) is 0 Å². The lowest BCUT2D eigenvalue weighted by Crippen LogP contribution is -2.50. The molecule has 1 fully saturated rings. The van der Waals surface area contributed by atoms with Crippen LogP contribution >= 0.6 is 0 Å². The SMILES string of the molecule is CCC1(C(=O)NC(C)c2cc(C)ccc2C)CCCNC1. The van der Waals surface area contributed by atoms with Gasteiger partial charge in [-0.05, 0) is 57.7 Å². The molecule has 2 unspecified atom stereocenters. The van der Waals surface area contributed by atoms with Crippen molar-refractivity contribution >= 4 is 5.91 Å². The molecule has 21 heavy (non-hydrogen) atoms. The van der Waals surface area contributed by atoms with Crippen molar-refractivity contribution in [3.05, 3.63) is 34.9 Å². The van der Waals surface area contributed by atoms with Gasteiger partial charge in [0.2, 0.25) is 5.91 Å². The molecule has 1 amide bonds. The highest BCUT2D eigenvalue weighted by Gasteiger charge is 2.38. The molecule has 1 aromatic rings. The first kappa shape index (κ1) is 16.0. The molecule has 116 valence electrons. The van der Waals surface area contributed by atoms with Gasteiger partial charge in [-0.15, -0.1) is 0 Å². The summed E-state index contributed by atoms with van der Waals surface area (Å²) in [6.07, 6.45) is 2.96. The Morgan fingerprint density at radius 3 is 2.81 bits per heavy atom. The number of carbonyl (C=O) groups is 1. The van der Waals surface area contributed by atoms with Gasteiger partial charge in [-0.1, -0.05) is 30.7 Å². The van der Waals surface area contributed by atoms with Gasteiger partial charge in [0.05, 0.1) is 11.5 Å². The normalized spacial score (nSPS) is 23.6. The van der Waals surface area contributed by atoms with Crippen LogP contribution in [0.2, 0.25) is 0 Å². The fourth-order valence-corrected chi connectivity index (χ4v) is 3.28. The van der Waals surface area contributed by atoms with Crippen LogP contribution in [0.25, 0.3) is 0 Å². The van der Waals surface area contributed by atoms with E-state index >= 15 is 0 Å². The lowest BCUT2D eigenvalue weighted by Gasteiger charge is -2.36. The summed E-state index contributed by atoms with van der Waals surface area (Å²) in [5.41, 5.74) is 3.46. The summed E-state index contributed by atoms with van der Waals surface area (Å²) >= 11 is 0. The summed E-state index contributed by atoms with van der Waals surface area (Å²) in [7, 11) is 0. The summed E-state index contributed by atoms with van der Waals surface area (Å²) < 4.78 is 0. The van der Waals surface area contributed by atoms with E-state index in [0.29, 0.717) is 0 Å². The van der Waals surface area contributed by atoms with Gasteiger partial charge in [-0.3, -0.25) is 4.79 Å². The van der Waals surface area contributed by atoms with Crippen LogP contribution in [0.1, 0.15) is 55.8 Å². The largest absolute Gasteiger partial charge is 0.349 e. The molecule has 1 saturated heterocycles. The van der Waals surface area contributed by atoms with Crippen LogP contribution in [0.5, 0.6) is 0 Å². The van der Waals surface area contributed by atoms with E-state index in [4.69, 9.17) is 0 Å². The second-order valence-electron chi connectivity index (χ2n) is 6.47. The maximum Gasteiger partial charge on any atom is 0.227 e. The van der Waals surface area contributed by atoms with Crippen molar-refractivity contribution in [1.82, 2.24) is 10.6 Å². The van der Waals surface area contributed by atoms with E-state index in [9.17, 15) is 4.79 Å². The molecule has 3 heteroatoms. The number of amides is 1. The Kier molecular flexibility index (Phi) is 5.04. The first-order valence-corrected chi connectivity index (χ1v) is 8.07. The van der Waals surface area contributed by atoms with Gasteiger partial charge in [-0.25, -0.2) is 0 Å². The topological polar surface area (TPSA) is 41.1 Å². The first-order chi connectivity index (χ1) is 9.98. The molecular formula is C18H28N2O. The van der Waals surface area contributed by atoms with Crippen molar-refractivity contribution < 1.29 is 4.79 Å². The molecule has 1 heterocycles. The zero-order valence-corrected chi connectivity index (χ0v) is 13.8. The van der Waals surface area contributed by atoms with Gasteiger partial charge in [0.15, 0.2) is 0 Å². The standard InChI is InChI=1S/C18H28N2O/c1-5-18(9-6-10-19-12-18)17(21)20-15(4)16-11-13(2)7-8-14(16)3/h7-8,11,15,19H,5-6,9-10,12H2,1-4H3,(H,20,21). The molecule has 0 bridgehead atoms. The smallest absolute Gasteiger partial charge is 0.227 e. The van der Waals surface area contributed by atoms with E-state index in [1.54, 1.807) is 0 Å². The number of nitrogens with one attached hydrogen (secondary N) is 2. The molecule has 2 rings (SSSR count). The zero-order chi connectivity index (χ0) is 15.5. The fourth-order valence-electron chi connectivity index (χ4n) is 3.28. The molecule has 1 aliphatic heterocycles. The molecule has 2 N–H and O–H groups in total. The number of carbonyl (C=O) groups excluding carboxylic acids is 1. The average molecular weight is 288 g/mol. The predicted octanol–water partition coefficient (Wildman–Crippen LogP) is 3.26. The lowest BCUT2D eigenvalue weighted by molar-refractivity contribution is -0.133. The molecule has 0 saturated carbocycles. The Balaban J connectivity index is 2.12. The third-order valence-electron chi connectivity index (χ3n) is 4.88. The lowest BCUT2D eigenvalue weighted by atomic mass is 9.77. The van der Waals surface area contributed by atoms with Crippen LogP contribution in [0.3, 0.4) is 0 Å². The Morgan fingerprint density at radius 2 is 2.19 bits per heavy atom. The zero-order valence-electron chi connectivity index (χ0n) is 13.8. The van der Waals surface area contributed by atoms with Crippen LogP contribution < -0.4 is 10.6 Å². The van der Waals surface area contributed by atoms with Crippen LogP contribution in [0.4, 0.5) is 0 Å². The third kappa shape index (κ3) is 3.46. The number of hydrogen-bond acceptors (Lipinski definition) is 2. The monoisotopic (exact) mass is 288 g/mol. The van der Waals surface area contributed by atoms with Crippen molar-refractivity contribution in [3.8, 4) is 0 Å². The molecule has 0 radical (unpaired) electrons. The van der Waals surface area contributed by atoms with Crippen molar-refractivity contribution in [1.29, 1.82) is 0 Å². The van der Waals surface area contributed by atoms with Gasteiger partial charge in [0.1, 0.15) is 0 Å². The summed E-state index contributed by atoms with van der Waals surface area (Å²) in [5, 5.41) is 6.63. The average Bonchev–Trinajstić information content (AvgIpc) is 2.50. The minimum atomic E-state index is -0.232. The molecular weight excluding hydrogens is 260 g/mol. The molecule has 0 spiro atoms. The van der Waals surface area contributed by atoms with E-state index in [-0.39, 0.29) is 17.4 Å². The second kappa shape index (κ2) is 6.61. The van der Waals surface area contributed by atoms with E-state index < -0.39 is 0 Å². The Bertz CT molecular complexity index is 504. The summed E-state index contributed by atoms with van der Waals surface area (Å²) in [4.78, 5) is 12.8. The summed E-state index contributed by atoms with van der Waals surface area (Å²) in [6.45, 7) is 10.2. The molecule has 0 aromatic heterocycles. The summed E-state index contributed by atoms with van der Waals surface area (Å²) in [6, 6.07) is 6.48. The minimum absolute atomic E-state index is 0.0581. The summed E-state index contributed by atoms with van der Waals surface area (Å²) in [5.74, 6) is 0.200. The van der Waals surface area contributed by atoms with E-state index in [0.717, 1.165) is 32.4 Å². The highest BCUT2D eigenvalue weighted by molar-refractivity contribution is 5.83. The molecule has 3 nitrogen and oxygen atoms in total. The quantitative estimate of drug-likeness (QED) is 0.893. The van der Waals surface area contributed by atoms with Gasteiger partial charge in [-0.2, -0.15) is 0 Å². The van der Waals surface area contributed by atoms with E-state index in [1.165, 1.54) is 16.7 Å².